The second kappa shape index (κ2) is 11.5. The highest BCUT2D eigenvalue weighted by Gasteiger charge is 2.18. The Morgan fingerprint density at radius 1 is 1.20 bits per heavy atom. The molecule has 7 heteroatoms. The molecule has 0 radical (unpaired) electrons. The van der Waals surface area contributed by atoms with Gasteiger partial charge in [-0.05, 0) is 24.6 Å². The Hall–Kier alpha value is -1.15. The van der Waals surface area contributed by atoms with Crippen LogP contribution in [-0.2, 0) is 9.53 Å². The number of rotatable bonds is 10. The first-order valence-corrected chi connectivity index (χ1v) is 9.55. The van der Waals surface area contributed by atoms with E-state index in [1.807, 2.05) is 24.3 Å². The summed E-state index contributed by atoms with van der Waals surface area (Å²) in [7, 11) is 1.67. The van der Waals surface area contributed by atoms with E-state index in [9.17, 15) is 4.79 Å². The molecule has 1 saturated heterocycles. The molecule has 0 aromatic heterocycles. The van der Waals surface area contributed by atoms with Crippen LogP contribution in [0.3, 0.4) is 0 Å². The van der Waals surface area contributed by atoms with Gasteiger partial charge in [-0.1, -0.05) is 22.0 Å². The van der Waals surface area contributed by atoms with Crippen LogP contribution in [0, 0.1) is 0 Å². The van der Waals surface area contributed by atoms with E-state index >= 15 is 0 Å². The molecule has 1 aromatic rings. The summed E-state index contributed by atoms with van der Waals surface area (Å²) in [6.07, 6.45) is 0.855. The number of benzene rings is 1. The van der Waals surface area contributed by atoms with Gasteiger partial charge in [0.05, 0.1) is 6.54 Å². The van der Waals surface area contributed by atoms with Crippen molar-refractivity contribution in [2.24, 2.45) is 0 Å². The average Bonchev–Trinajstić information content (AvgIpc) is 2.60. The lowest BCUT2D eigenvalue weighted by atomic mass is 10.3. The zero-order valence-corrected chi connectivity index (χ0v) is 16.5. The van der Waals surface area contributed by atoms with Crippen LogP contribution in [0.25, 0.3) is 0 Å². The first kappa shape index (κ1) is 20.2. The Morgan fingerprint density at radius 2 is 1.96 bits per heavy atom. The summed E-state index contributed by atoms with van der Waals surface area (Å²) in [4.78, 5) is 16.5. The second-order valence-electron chi connectivity index (χ2n) is 6.12. The van der Waals surface area contributed by atoms with E-state index in [4.69, 9.17) is 9.47 Å². The zero-order chi connectivity index (χ0) is 17.9. The van der Waals surface area contributed by atoms with E-state index < -0.39 is 0 Å². The van der Waals surface area contributed by atoms with Crippen LogP contribution in [0.15, 0.2) is 28.7 Å². The number of carbonyl (C=O) groups excluding carboxylic acids is 1. The molecule has 0 unspecified atom stereocenters. The zero-order valence-electron chi connectivity index (χ0n) is 14.9. The Balaban J connectivity index is 1.56. The summed E-state index contributed by atoms with van der Waals surface area (Å²) in [6.45, 7) is 7.21. The van der Waals surface area contributed by atoms with Crippen molar-refractivity contribution in [2.75, 3.05) is 66.1 Å². The quantitative estimate of drug-likeness (QED) is 0.590. The molecule has 1 fully saturated rings. The Labute approximate surface area is 158 Å². The molecule has 1 aliphatic rings. The predicted molar refractivity (Wildman–Crippen MR) is 102 cm³/mol. The third-order valence-corrected chi connectivity index (χ3v) is 4.65. The lowest BCUT2D eigenvalue weighted by molar-refractivity contribution is -0.122. The first-order valence-electron chi connectivity index (χ1n) is 8.76. The normalized spacial score (nSPS) is 15.9. The largest absolute Gasteiger partial charge is 0.492 e. The SMILES string of the molecule is COCCCNC(=O)CN1CCN(CCOc2cccc(Br)c2)CC1. The molecule has 1 aromatic carbocycles. The van der Waals surface area contributed by atoms with Gasteiger partial charge >= 0.3 is 0 Å². The van der Waals surface area contributed by atoms with Gasteiger partial charge < -0.3 is 14.8 Å². The van der Waals surface area contributed by atoms with E-state index in [0.717, 1.165) is 49.4 Å². The smallest absolute Gasteiger partial charge is 0.234 e. The average molecular weight is 414 g/mol. The van der Waals surface area contributed by atoms with E-state index in [1.54, 1.807) is 7.11 Å². The fourth-order valence-corrected chi connectivity index (χ4v) is 3.10. The minimum absolute atomic E-state index is 0.0996. The van der Waals surface area contributed by atoms with Crippen molar-refractivity contribution >= 4 is 21.8 Å². The van der Waals surface area contributed by atoms with Crippen LogP contribution in [0.1, 0.15) is 6.42 Å². The number of hydrogen-bond acceptors (Lipinski definition) is 5. The van der Waals surface area contributed by atoms with E-state index in [1.165, 1.54) is 0 Å². The van der Waals surface area contributed by atoms with Crippen molar-refractivity contribution in [3.05, 3.63) is 28.7 Å². The third-order valence-electron chi connectivity index (χ3n) is 4.15. The van der Waals surface area contributed by atoms with Gasteiger partial charge in [0.15, 0.2) is 0 Å². The van der Waals surface area contributed by atoms with Crippen LogP contribution < -0.4 is 10.1 Å². The molecule has 0 bridgehead atoms. The Bertz CT molecular complexity index is 522. The number of nitrogens with zero attached hydrogens (tertiary/aromatic N) is 2. The van der Waals surface area contributed by atoms with E-state index in [-0.39, 0.29) is 5.91 Å². The van der Waals surface area contributed by atoms with Gasteiger partial charge in [-0.2, -0.15) is 0 Å². The summed E-state index contributed by atoms with van der Waals surface area (Å²) >= 11 is 3.45. The molecule has 1 amide bonds. The fourth-order valence-electron chi connectivity index (χ4n) is 2.72. The van der Waals surface area contributed by atoms with Crippen molar-refractivity contribution in [1.29, 1.82) is 0 Å². The van der Waals surface area contributed by atoms with Crippen molar-refractivity contribution in [2.45, 2.75) is 6.42 Å². The highest BCUT2D eigenvalue weighted by atomic mass is 79.9. The molecule has 0 aliphatic carbocycles. The maximum absolute atomic E-state index is 11.9. The molecule has 1 aliphatic heterocycles. The third kappa shape index (κ3) is 8.18. The van der Waals surface area contributed by atoms with Crippen LogP contribution in [0.2, 0.25) is 0 Å². The van der Waals surface area contributed by atoms with Crippen molar-refractivity contribution in [1.82, 2.24) is 15.1 Å². The summed E-state index contributed by atoms with van der Waals surface area (Å²) in [5.74, 6) is 0.987. The molecule has 2 rings (SSSR count). The minimum Gasteiger partial charge on any atom is -0.492 e. The molecule has 1 N–H and O–H groups in total. The number of halogens is 1. The van der Waals surface area contributed by atoms with E-state index in [2.05, 4.69) is 31.0 Å². The van der Waals surface area contributed by atoms with Crippen LogP contribution in [0.4, 0.5) is 0 Å². The van der Waals surface area contributed by atoms with Gasteiger partial charge in [-0.15, -0.1) is 0 Å². The second-order valence-corrected chi connectivity index (χ2v) is 7.04. The lowest BCUT2D eigenvalue weighted by Crippen LogP contribution is -2.50. The van der Waals surface area contributed by atoms with Crippen LogP contribution in [-0.4, -0.2) is 81.8 Å². The Kier molecular flexibility index (Phi) is 9.25. The maximum Gasteiger partial charge on any atom is 0.234 e. The van der Waals surface area contributed by atoms with Gasteiger partial charge in [0, 0.05) is 57.5 Å². The topological polar surface area (TPSA) is 54.0 Å². The number of carbonyl (C=O) groups is 1. The van der Waals surface area contributed by atoms with E-state index in [0.29, 0.717) is 26.3 Å². The lowest BCUT2D eigenvalue weighted by Gasteiger charge is -2.34. The molecule has 140 valence electrons. The number of ether oxygens (including phenoxy) is 2. The highest BCUT2D eigenvalue weighted by molar-refractivity contribution is 9.10. The molecule has 0 atom stereocenters. The number of piperazine rings is 1. The van der Waals surface area contributed by atoms with Gasteiger partial charge in [0.2, 0.25) is 5.91 Å². The molecule has 0 saturated carbocycles. The predicted octanol–water partition coefficient (Wildman–Crippen LogP) is 1.60. The highest BCUT2D eigenvalue weighted by Crippen LogP contribution is 2.17. The molecular weight excluding hydrogens is 386 g/mol. The molecular formula is C18H28BrN3O3. The summed E-state index contributed by atoms with van der Waals surface area (Å²) in [6, 6.07) is 7.90. The van der Waals surface area contributed by atoms with Gasteiger partial charge in [0.1, 0.15) is 12.4 Å². The number of amides is 1. The summed E-state index contributed by atoms with van der Waals surface area (Å²) in [5.41, 5.74) is 0. The number of methoxy groups -OCH3 is 1. The van der Waals surface area contributed by atoms with Crippen molar-refractivity contribution < 1.29 is 14.3 Å². The fraction of sp³-hybridized carbons (Fsp3) is 0.611. The van der Waals surface area contributed by atoms with Gasteiger partial charge in [0.25, 0.3) is 0 Å². The van der Waals surface area contributed by atoms with Crippen molar-refractivity contribution in [3.63, 3.8) is 0 Å². The molecule has 6 nitrogen and oxygen atoms in total. The molecule has 0 spiro atoms. The maximum atomic E-state index is 11.9. The van der Waals surface area contributed by atoms with Crippen LogP contribution in [0.5, 0.6) is 5.75 Å². The summed E-state index contributed by atoms with van der Waals surface area (Å²) in [5, 5.41) is 2.93. The van der Waals surface area contributed by atoms with Crippen molar-refractivity contribution in [3.8, 4) is 5.75 Å². The summed E-state index contributed by atoms with van der Waals surface area (Å²) < 4.78 is 11.8. The van der Waals surface area contributed by atoms with Gasteiger partial charge in [-0.25, -0.2) is 0 Å². The standard InChI is InChI=1S/C18H28BrN3O3/c1-24-12-3-6-20-18(23)15-22-9-7-21(8-10-22)11-13-25-17-5-2-4-16(19)14-17/h2,4-5,14H,3,6-13,15H2,1H3,(H,20,23). The molecule has 1 heterocycles. The van der Waals surface area contributed by atoms with Gasteiger partial charge in [-0.3, -0.25) is 14.6 Å². The monoisotopic (exact) mass is 413 g/mol. The minimum atomic E-state index is 0.0996. The molecule has 25 heavy (non-hydrogen) atoms. The van der Waals surface area contributed by atoms with Crippen LogP contribution >= 0.6 is 15.9 Å². The Morgan fingerprint density at radius 3 is 2.68 bits per heavy atom. The number of nitrogens with one attached hydrogen (secondary N) is 1. The number of hydrogen-bond donors (Lipinski definition) is 1. The first-order chi connectivity index (χ1) is 12.2.